The number of nitrogens with zero attached hydrogens (tertiary/aromatic N) is 2. The Labute approximate surface area is 172 Å². The summed E-state index contributed by atoms with van der Waals surface area (Å²) in [6, 6.07) is 12.4. The number of aryl methyl sites for hydroxylation is 1. The Kier molecular flexibility index (Phi) is 5.80. The van der Waals surface area contributed by atoms with E-state index >= 15 is 0 Å². The molecule has 0 aliphatic carbocycles. The van der Waals surface area contributed by atoms with E-state index in [4.69, 9.17) is 0 Å². The zero-order valence-electron chi connectivity index (χ0n) is 17.2. The first-order chi connectivity index (χ1) is 13.6. The van der Waals surface area contributed by atoms with E-state index in [1.807, 2.05) is 31.2 Å². The molecule has 0 saturated heterocycles. The molecule has 6 nitrogen and oxygen atoms in total. The van der Waals surface area contributed by atoms with Crippen molar-refractivity contribution < 1.29 is 18.0 Å². The molecule has 2 amide bonds. The summed E-state index contributed by atoms with van der Waals surface area (Å²) in [5.41, 5.74) is 3.42. The van der Waals surface area contributed by atoms with Crippen molar-refractivity contribution in [1.82, 2.24) is 0 Å². The molecule has 0 N–H and O–H groups in total. The number of hydrogen-bond donors (Lipinski definition) is 0. The molecule has 1 atom stereocenters. The largest absolute Gasteiger partial charge is 0.315 e. The third-order valence-corrected chi connectivity index (χ3v) is 7.58. The molecule has 1 heterocycles. The lowest BCUT2D eigenvalue weighted by Crippen LogP contribution is -2.31. The van der Waals surface area contributed by atoms with Gasteiger partial charge in [-0.25, -0.2) is 8.42 Å². The molecule has 0 unspecified atom stereocenters. The van der Waals surface area contributed by atoms with Gasteiger partial charge in [0.1, 0.15) is 0 Å². The lowest BCUT2D eigenvalue weighted by atomic mass is 10.2. The van der Waals surface area contributed by atoms with Crippen molar-refractivity contribution in [1.29, 1.82) is 0 Å². The van der Waals surface area contributed by atoms with Gasteiger partial charge in [0.25, 0.3) is 0 Å². The molecule has 0 saturated carbocycles. The zero-order chi connectivity index (χ0) is 21.3. The Morgan fingerprint density at radius 3 is 2.41 bits per heavy atom. The molecule has 7 heteroatoms. The van der Waals surface area contributed by atoms with Gasteiger partial charge in [-0.1, -0.05) is 17.7 Å². The average Bonchev–Trinajstić information content (AvgIpc) is 3.11. The van der Waals surface area contributed by atoms with Crippen molar-refractivity contribution in [2.24, 2.45) is 0 Å². The lowest BCUT2D eigenvalue weighted by molar-refractivity contribution is -0.118. The van der Waals surface area contributed by atoms with Gasteiger partial charge in [0.2, 0.25) is 11.8 Å². The number of sulfone groups is 1. The van der Waals surface area contributed by atoms with E-state index in [2.05, 4.69) is 0 Å². The maximum absolute atomic E-state index is 13.0. The van der Waals surface area contributed by atoms with E-state index in [9.17, 15) is 18.0 Å². The summed E-state index contributed by atoms with van der Waals surface area (Å²) in [6.07, 6.45) is 0.519. The van der Waals surface area contributed by atoms with E-state index in [0.717, 1.165) is 22.5 Å². The molecular formula is C22H26N2O4S. The minimum atomic E-state index is -3.67. The molecule has 0 radical (unpaired) electrons. The number of fused-ring (bicyclic) bond motifs is 1. The number of rotatable bonds is 5. The summed E-state index contributed by atoms with van der Waals surface area (Å²) in [7, 11) is -2.02. The predicted octanol–water partition coefficient (Wildman–Crippen LogP) is 3.12. The highest BCUT2D eigenvalue weighted by Gasteiger charge is 2.30. The summed E-state index contributed by atoms with van der Waals surface area (Å²) in [5.74, 6) is -0.314. The summed E-state index contributed by atoms with van der Waals surface area (Å²) in [5, 5.41) is -0.855. The molecule has 2 aromatic rings. The van der Waals surface area contributed by atoms with Gasteiger partial charge in [-0.05, 0) is 56.2 Å². The first-order valence-electron chi connectivity index (χ1n) is 9.59. The highest BCUT2D eigenvalue weighted by molar-refractivity contribution is 7.92. The van der Waals surface area contributed by atoms with Crippen LogP contribution in [-0.4, -0.2) is 39.1 Å². The Balaban J connectivity index is 1.76. The fraction of sp³-hybridized carbons (Fsp3) is 0.364. The van der Waals surface area contributed by atoms with Crippen molar-refractivity contribution in [3.05, 3.63) is 53.6 Å². The van der Waals surface area contributed by atoms with Crippen molar-refractivity contribution in [2.45, 2.75) is 43.8 Å². The molecule has 1 aliphatic heterocycles. The van der Waals surface area contributed by atoms with Crippen LogP contribution < -0.4 is 9.80 Å². The van der Waals surface area contributed by atoms with Crippen LogP contribution in [0.2, 0.25) is 0 Å². The summed E-state index contributed by atoms with van der Waals surface area (Å²) in [6.45, 7) is 5.58. The normalized spacial score (nSPS) is 14.4. The molecule has 1 aliphatic rings. The molecule has 0 fully saturated rings. The molecule has 0 aromatic heterocycles. The minimum absolute atomic E-state index is 0.0579. The number of amides is 2. The SMILES string of the molecule is CC(=O)N1CCc2cc(S(=O)(=O)[C@H](C)CC(=O)N(C)c3ccc(C)cc3)ccc21. The van der Waals surface area contributed by atoms with E-state index in [1.165, 1.54) is 17.9 Å². The highest BCUT2D eigenvalue weighted by Crippen LogP contribution is 2.31. The second-order valence-electron chi connectivity index (χ2n) is 7.56. The Hall–Kier alpha value is -2.67. The van der Waals surface area contributed by atoms with Crippen LogP contribution in [0.25, 0.3) is 0 Å². The molecule has 29 heavy (non-hydrogen) atoms. The average molecular weight is 415 g/mol. The zero-order valence-corrected chi connectivity index (χ0v) is 18.0. The molecule has 3 rings (SSSR count). The van der Waals surface area contributed by atoms with Crippen molar-refractivity contribution in [2.75, 3.05) is 23.4 Å². The Morgan fingerprint density at radius 1 is 1.14 bits per heavy atom. The summed E-state index contributed by atoms with van der Waals surface area (Å²) < 4.78 is 26.1. The van der Waals surface area contributed by atoms with Gasteiger partial charge >= 0.3 is 0 Å². The van der Waals surface area contributed by atoms with Crippen molar-refractivity contribution in [3.63, 3.8) is 0 Å². The minimum Gasteiger partial charge on any atom is -0.315 e. The van der Waals surface area contributed by atoms with Crippen LogP contribution in [-0.2, 0) is 25.8 Å². The van der Waals surface area contributed by atoms with Gasteiger partial charge in [-0.15, -0.1) is 0 Å². The highest BCUT2D eigenvalue weighted by atomic mass is 32.2. The molecule has 2 aromatic carbocycles. The van der Waals surface area contributed by atoms with Crippen LogP contribution in [0, 0.1) is 6.92 Å². The number of hydrogen-bond acceptors (Lipinski definition) is 4. The number of carbonyl (C=O) groups excluding carboxylic acids is 2. The molecule has 0 spiro atoms. The molecular weight excluding hydrogens is 388 g/mol. The van der Waals surface area contributed by atoms with Gasteiger partial charge in [0, 0.05) is 38.3 Å². The molecule has 0 bridgehead atoms. The van der Waals surface area contributed by atoms with Crippen LogP contribution >= 0.6 is 0 Å². The first-order valence-corrected chi connectivity index (χ1v) is 11.1. The van der Waals surface area contributed by atoms with Gasteiger partial charge in [0.05, 0.1) is 10.1 Å². The molecule has 154 valence electrons. The maximum Gasteiger partial charge on any atom is 0.228 e. The van der Waals surface area contributed by atoms with Crippen molar-refractivity contribution >= 4 is 33.0 Å². The first kappa shape index (κ1) is 21.0. The van der Waals surface area contributed by atoms with Crippen LogP contribution in [0.4, 0.5) is 11.4 Å². The fourth-order valence-corrected chi connectivity index (χ4v) is 4.91. The number of carbonyl (C=O) groups is 2. The van der Waals surface area contributed by atoms with Crippen LogP contribution in [0.5, 0.6) is 0 Å². The van der Waals surface area contributed by atoms with Gasteiger partial charge in [-0.2, -0.15) is 0 Å². The Morgan fingerprint density at radius 2 is 1.79 bits per heavy atom. The topological polar surface area (TPSA) is 74.8 Å². The predicted molar refractivity (Wildman–Crippen MR) is 114 cm³/mol. The van der Waals surface area contributed by atoms with Crippen LogP contribution in [0.1, 0.15) is 31.4 Å². The van der Waals surface area contributed by atoms with Gasteiger partial charge < -0.3 is 9.80 Å². The number of benzene rings is 2. The van der Waals surface area contributed by atoms with Gasteiger partial charge in [-0.3, -0.25) is 9.59 Å². The van der Waals surface area contributed by atoms with Crippen LogP contribution in [0.3, 0.4) is 0 Å². The third-order valence-electron chi connectivity index (χ3n) is 5.44. The monoisotopic (exact) mass is 414 g/mol. The maximum atomic E-state index is 13.0. The Bertz CT molecular complexity index is 1040. The second kappa shape index (κ2) is 7.99. The van der Waals surface area contributed by atoms with Crippen molar-refractivity contribution in [3.8, 4) is 0 Å². The van der Waals surface area contributed by atoms with E-state index in [-0.39, 0.29) is 23.1 Å². The quantitative estimate of drug-likeness (QED) is 0.753. The second-order valence-corrected chi connectivity index (χ2v) is 9.93. The smallest absolute Gasteiger partial charge is 0.228 e. The van der Waals surface area contributed by atoms with E-state index in [0.29, 0.717) is 13.0 Å². The van der Waals surface area contributed by atoms with E-state index < -0.39 is 15.1 Å². The third kappa shape index (κ3) is 4.19. The summed E-state index contributed by atoms with van der Waals surface area (Å²) >= 11 is 0. The fourth-order valence-electron chi connectivity index (χ4n) is 3.52. The summed E-state index contributed by atoms with van der Waals surface area (Å²) in [4.78, 5) is 27.7. The standard InChI is InChI=1S/C22H26N2O4S/c1-15-5-7-19(8-6-15)23(4)22(26)13-16(2)29(27,28)20-9-10-21-18(14-20)11-12-24(21)17(3)25/h5-10,14,16H,11-13H2,1-4H3/t16-/m1/s1. The van der Waals surface area contributed by atoms with Gasteiger partial charge in [0.15, 0.2) is 9.84 Å². The van der Waals surface area contributed by atoms with E-state index in [1.54, 1.807) is 31.0 Å². The lowest BCUT2D eigenvalue weighted by Gasteiger charge is -2.20. The van der Waals surface area contributed by atoms with Crippen LogP contribution in [0.15, 0.2) is 47.4 Å². The number of anilines is 2.